The average molecular weight is 154 g/mol. The lowest BCUT2D eigenvalue weighted by Gasteiger charge is -2.24. The van der Waals surface area contributed by atoms with E-state index in [1.165, 1.54) is 0 Å². The van der Waals surface area contributed by atoms with Crippen LogP contribution in [0.15, 0.2) is 0 Å². The number of rotatable bonds is 3. The molecule has 60 valence electrons. The lowest BCUT2D eigenvalue weighted by Crippen LogP contribution is -2.34. The molecule has 1 aliphatic heterocycles. The van der Waals surface area contributed by atoms with Crippen LogP contribution in [0.1, 0.15) is 6.42 Å². The molecule has 1 fully saturated rings. The molecule has 0 aromatic rings. The summed E-state index contributed by atoms with van der Waals surface area (Å²) in [6.45, 7) is 1.46. The van der Waals surface area contributed by atoms with Crippen molar-refractivity contribution in [2.24, 2.45) is 5.92 Å². The first kappa shape index (κ1) is 8.02. The van der Waals surface area contributed by atoms with Crippen molar-refractivity contribution in [3.63, 3.8) is 0 Å². The first-order valence-corrected chi connectivity index (χ1v) is 3.54. The third-order valence-corrected chi connectivity index (χ3v) is 1.55. The molecule has 0 aromatic carbocycles. The minimum Gasteiger partial charge on any atom is -0.381 e. The molecule has 11 heavy (non-hydrogen) atoms. The van der Waals surface area contributed by atoms with E-state index in [1.807, 2.05) is 6.07 Å². The molecule has 0 aromatic heterocycles. The Kier molecular flexibility index (Phi) is 2.87. The third-order valence-electron chi connectivity index (χ3n) is 1.55. The topological polar surface area (TPSA) is 62.1 Å². The number of carbonyl (C=O) groups is 1. The predicted molar refractivity (Wildman–Crippen MR) is 37.5 cm³/mol. The van der Waals surface area contributed by atoms with Crippen LogP contribution in [0.3, 0.4) is 0 Å². The first-order chi connectivity index (χ1) is 5.33. The zero-order valence-corrected chi connectivity index (χ0v) is 6.17. The van der Waals surface area contributed by atoms with Crippen molar-refractivity contribution in [2.45, 2.75) is 6.42 Å². The smallest absolute Gasteiger partial charge is 0.221 e. The highest BCUT2D eigenvalue weighted by Gasteiger charge is 2.20. The number of nitrogens with zero attached hydrogens (tertiary/aromatic N) is 1. The van der Waals surface area contributed by atoms with Crippen LogP contribution in [0.2, 0.25) is 0 Å². The van der Waals surface area contributed by atoms with Gasteiger partial charge in [-0.3, -0.25) is 4.79 Å². The van der Waals surface area contributed by atoms with Crippen molar-refractivity contribution in [3.8, 4) is 6.07 Å². The molecule has 0 bridgehead atoms. The summed E-state index contributed by atoms with van der Waals surface area (Å²) >= 11 is 0. The fourth-order valence-corrected chi connectivity index (χ4v) is 0.875. The summed E-state index contributed by atoms with van der Waals surface area (Å²) in [7, 11) is 0. The van der Waals surface area contributed by atoms with Gasteiger partial charge in [-0.05, 0) is 0 Å². The maximum atomic E-state index is 10.9. The van der Waals surface area contributed by atoms with Gasteiger partial charge in [0.15, 0.2) is 0 Å². The van der Waals surface area contributed by atoms with Crippen molar-refractivity contribution in [1.82, 2.24) is 5.32 Å². The molecule has 0 unspecified atom stereocenters. The molecule has 1 rings (SSSR count). The Morgan fingerprint density at radius 1 is 1.73 bits per heavy atom. The third kappa shape index (κ3) is 2.56. The summed E-state index contributed by atoms with van der Waals surface area (Å²) in [5.74, 6) is 0.313. The van der Waals surface area contributed by atoms with Crippen LogP contribution in [0.4, 0.5) is 0 Å². The number of hydrogen-bond donors (Lipinski definition) is 1. The fraction of sp³-hybridized carbons (Fsp3) is 0.714. The molecule has 4 nitrogen and oxygen atoms in total. The summed E-state index contributed by atoms with van der Waals surface area (Å²) in [5, 5.41) is 10.6. The summed E-state index contributed by atoms with van der Waals surface area (Å²) in [5.41, 5.74) is 0. The number of ether oxygens (including phenoxy) is 1. The number of carbonyl (C=O) groups excluding carboxylic acids is 1. The maximum Gasteiger partial charge on any atom is 0.221 e. The molecule has 0 aliphatic carbocycles. The summed E-state index contributed by atoms with van der Waals surface area (Å²) in [6.07, 6.45) is 0.488. The monoisotopic (exact) mass is 154 g/mol. The van der Waals surface area contributed by atoms with Crippen molar-refractivity contribution in [3.05, 3.63) is 0 Å². The quantitative estimate of drug-likeness (QED) is 0.566. The zero-order valence-electron chi connectivity index (χ0n) is 6.17. The molecule has 0 atom stereocenters. The van der Waals surface area contributed by atoms with E-state index < -0.39 is 0 Å². The minimum absolute atomic E-state index is 0.0557. The number of nitrogens with one attached hydrogen (secondary N) is 1. The molecule has 1 amide bonds. The van der Waals surface area contributed by atoms with Crippen LogP contribution in [0, 0.1) is 17.2 Å². The average Bonchev–Trinajstić information content (AvgIpc) is 1.93. The van der Waals surface area contributed by atoms with Gasteiger partial charge < -0.3 is 10.1 Å². The maximum absolute atomic E-state index is 10.9. The molecule has 1 N–H and O–H groups in total. The van der Waals surface area contributed by atoms with Gasteiger partial charge in [0.25, 0.3) is 0 Å². The molecule has 1 aliphatic rings. The fourth-order valence-electron chi connectivity index (χ4n) is 0.875. The van der Waals surface area contributed by atoms with Gasteiger partial charge in [-0.1, -0.05) is 0 Å². The van der Waals surface area contributed by atoms with E-state index in [1.54, 1.807) is 0 Å². The Labute approximate surface area is 65.1 Å². The van der Waals surface area contributed by atoms with Gasteiger partial charge in [0.2, 0.25) is 5.91 Å². The molecule has 0 saturated carbocycles. The van der Waals surface area contributed by atoms with E-state index in [4.69, 9.17) is 10.00 Å². The Balaban J connectivity index is 2.06. The Morgan fingerprint density at radius 2 is 2.45 bits per heavy atom. The Morgan fingerprint density at radius 3 is 2.91 bits per heavy atom. The van der Waals surface area contributed by atoms with Crippen molar-refractivity contribution in [1.29, 1.82) is 5.26 Å². The van der Waals surface area contributed by atoms with Crippen LogP contribution in [0.25, 0.3) is 0 Å². The lowest BCUT2D eigenvalue weighted by molar-refractivity contribution is -0.126. The summed E-state index contributed by atoms with van der Waals surface area (Å²) in [6, 6.07) is 1.84. The molecular weight excluding hydrogens is 144 g/mol. The Hall–Kier alpha value is -1.08. The molecule has 0 spiro atoms. The van der Waals surface area contributed by atoms with E-state index in [0.717, 1.165) is 0 Å². The van der Waals surface area contributed by atoms with Gasteiger partial charge in [-0.15, -0.1) is 0 Å². The highest BCUT2D eigenvalue weighted by atomic mass is 16.5. The van der Waals surface area contributed by atoms with Gasteiger partial charge in [-0.25, -0.2) is 0 Å². The Bertz CT molecular complexity index is 181. The molecule has 0 radical (unpaired) electrons. The first-order valence-electron chi connectivity index (χ1n) is 3.54. The summed E-state index contributed by atoms with van der Waals surface area (Å²) in [4.78, 5) is 10.9. The van der Waals surface area contributed by atoms with Gasteiger partial charge in [0.05, 0.1) is 19.3 Å². The SMILES string of the molecule is N#CCNC(=O)CC1COC1. The second-order valence-electron chi connectivity index (χ2n) is 2.54. The second kappa shape index (κ2) is 3.94. The van der Waals surface area contributed by atoms with Crippen molar-refractivity contribution in [2.75, 3.05) is 19.8 Å². The number of nitriles is 1. The van der Waals surface area contributed by atoms with Gasteiger partial charge in [0, 0.05) is 12.3 Å². The predicted octanol–water partition coefficient (Wildman–Crippen LogP) is -0.337. The molecule has 1 saturated heterocycles. The van der Waals surface area contributed by atoms with E-state index in [9.17, 15) is 4.79 Å². The zero-order chi connectivity index (χ0) is 8.10. The van der Waals surface area contributed by atoms with Crippen molar-refractivity contribution < 1.29 is 9.53 Å². The standard InChI is InChI=1S/C7H10N2O2/c8-1-2-9-7(10)3-6-4-11-5-6/h6H,2-5H2,(H,9,10). The highest BCUT2D eigenvalue weighted by Crippen LogP contribution is 2.13. The van der Waals surface area contributed by atoms with Crippen LogP contribution in [-0.2, 0) is 9.53 Å². The van der Waals surface area contributed by atoms with E-state index in [2.05, 4.69) is 5.32 Å². The molecular formula is C7H10N2O2. The summed E-state index contributed by atoms with van der Waals surface area (Å²) < 4.78 is 4.90. The largest absolute Gasteiger partial charge is 0.381 e. The second-order valence-corrected chi connectivity index (χ2v) is 2.54. The van der Waals surface area contributed by atoms with Crippen LogP contribution in [0.5, 0.6) is 0 Å². The number of hydrogen-bond acceptors (Lipinski definition) is 3. The lowest BCUT2D eigenvalue weighted by atomic mass is 10.0. The van der Waals surface area contributed by atoms with Crippen LogP contribution in [-0.4, -0.2) is 25.7 Å². The normalized spacial score (nSPS) is 16.6. The molecule has 1 heterocycles. The minimum atomic E-state index is -0.0557. The molecule has 4 heteroatoms. The number of amides is 1. The van der Waals surface area contributed by atoms with E-state index in [0.29, 0.717) is 25.6 Å². The van der Waals surface area contributed by atoms with Gasteiger partial charge in [-0.2, -0.15) is 5.26 Å². The van der Waals surface area contributed by atoms with Crippen molar-refractivity contribution >= 4 is 5.91 Å². The van der Waals surface area contributed by atoms with Crippen LogP contribution >= 0.6 is 0 Å². The van der Waals surface area contributed by atoms with Gasteiger partial charge >= 0.3 is 0 Å². The van der Waals surface area contributed by atoms with Gasteiger partial charge in [0.1, 0.15) is 6.54 Å². The highest BCUT2D eigenvalue weighted by molar-refractivity contribution is 5.76. The van der Waals surface area contributed by atoms with Crippen LogP contribution < -0.4 is 5.32 Å². The van der Waals surface area contributed by atoms with E-state index in [-0.39, 0.29) is 12.5 Å². The van der Waals surface area contributed by atoms with E-state index >= 15 is 0 Å².